The molecular formula is C17H29ClN4O3S. The van der Waals surface area contributed by atoms with Gasteiger partial charge < -0.3 is 15.5 Å². The van der Waals surface area contributed by atoms with Gasteiger partial charge in [-0.15, -0.1) is 12.4 Å². The molecule has 9 heteroatoms. The van der Waals surface area contributed by atoms with Crippen molar-refractivity contribution in [2.45, 2.75) is 36.6 Å². The highest BCUT2D eigenvalue weighted by atomic mass is 35.5. The van der Waals surface area contributed by atoms with E-state index in [2.05, 4.69) is 15.5 Å². The van der Waals surface area contributed by atoms with Crippen LogP contribution in [0.4, 0.5) is 0 Å². The van der Waals surface area contributed by atoms with E-state index < -0.39 is 10.0 Å². The third-order valence-corrected chi connectivity index (χ3v) is 5.49. The van der Waals surface area contributed by atoms with Crippen molar-refractivity contribution in [3.63, 3.8) is 0 Å². The molecule has 1 fully saturated rings. The maximum atomic E-state index is 12.0. The SMILES string of the molecule is CNC1CCCN(CCC(=O)NCCc2ccc(S(N)(=O)=O)cc2)C1.Cl. The minimum absolute atomic E-state index is 0. The average molecular weight is 405 g/mol. The summed E-state index contributed by atoms with van der Waals surface area (Å²) >= 11 is 0. The predicted molar refractivity (Wildman–Crippen MR) is 105 cm³/mol. The molecule has 0 spiro atoms. The molecule has 1 aromatic carbocycles. The normalized spacial score (nSPS) is 18.2. The molecule has 1 aliphatic rings. The van der Waals surface area contributed by atoms with Crippen LogP contribution in [0.2, 0.25) is 0 Å². The number of sulfonamides is 1. The number of nitrogens with two attached hydrogens (primary N) is 1. The van der Waals surface area contributed by atoms with Crippen molar-refractivity contribution in [2.75, 3.05) is 33.2 Å². The molecule has 148 valence electrons. The summed E-state index contributed by atoms with van der Waals surface area (Å²) < 4.78 is 22.4. The number of halogens is 1. The minimum atomic E-state index is -3.66. The topological polar surface area (TPSA) is 105 Å². The van der Waals surface area contributed by atoms with Gasteiger partial charge in [-0.1, -0.05) is 12.1 Å². The molecule has 1 aromatic rings. The fourth-order valence-electron chi connectivity index (χ4n) is 3.03. The van der Waals surface area contributed by atoms with Crippen LogP contribution >= 0.6 is 12.4 Å². The van der Waals surface area contributed by atoms with Gasteiger partial charge in [0, 0.05) is 32.1 Å². The molecule has 0 saturated carbocycles. The van der Waals surface area contributed by atoms with E-state index in [0.717, 1.165) is 25.2 Å². The van der Waals surface area contributed by atoms with Crippen molar-refractivity contribution in [1.82, 2.24) is 15.5 Å². The van der Waals surface area contributed by atoms with E-state index in [1.165, 1.54) is 25.0 Å². The zero-order valence-corrected chi connectivity index (χ0v) is 16.7. The van der Waals surface area contributed by atoms with Gasteiger partial charge in [0.1, 0.15) is 0 Å². The zero-order chi connectivity index (χ0) is 18.3. The van der Waals surface area contributed by atoms with Crippen LogP contribution in [0, 0.1) is 0 Å². The first-order valence-electron chi connectivity index (χ1n) is 8.66. The number of carbonyl (C=O) groups excluding carboxylic acids is 1. The van der Waals surface area contributed by atoms with Crippen LogP contribution in [0.5, 0.6) is 0 Å². The van der Waals surface area contributed by atoms with Crippen molar-refractivity contribution in [3.8, 4) is 0 Å². The molecule has 2 rings (SSSR count). The lowest BCUT2D eigenvalue weighted by Gasteiger charge is -2.32. The summed E-state index contributed by atoms with van der Waals surface area (Å²) in [7, 11) is -1.67. The number of piperidine rings is 1. The molecular weight excluding hydrogens is 376 g/mol. The first-order valence-corrected chi connectivity index (χ1v) is 10.2. The first-order chi connectivity index (χ1) is 11.9. The molecule has 1 atom stereocenters. The van der Waals surface area contributed by atoms with Crippen LogP contribution in [0.1, 0.15) is 24.8 Å². The molecule has 1 saturated heterocycles. The van der Waals surface area contributed by atoms with Gasteiger partial charge in [-0.3, -0.25) is 4.79 Å². The Bertz CT molecular complexity index is 667. The van der Waals surface area contributed by atoms with E-state index in [-0.39, 0.29) is 23.2 Å². The molecule has 1 heterocycles. The number of likely N-dealkylation sites (N-methyl/N-ethyl adjacent to an activating group) is 1. The molecule has 0 aliphatic carbocycles. The Labute approximate surface area is 162 Å². The fraction of sp³-hybridized carbons (Fsp3) is 0.588. The molecule has 4 N–H and O–H groups in total. The third-order valence-electron chi connectivity index (χ3n) is 4.56. The molecule has 0 bridgehead atoms. The van der Waals surface area contributed by atoms with E-state index in [0.29, 0.717) is 25.4 Å². The summed E-state index contributed by atoms with van der Waals surface area (Å²) in [4.78, 5) is 14.4. The quantitative estimate of drug-likeness (QED) is 0.584. The number of rotatable bonds is 8. The third kappa shape index (κ3) is 7.59. The highest BCUT2D eigenvalue weighted by Crippen LogP contribution is 2.10. The summed E-state index contributed by atoms with van der Waals surface area (Å²) in [5.74, 6) is 0.0488. The van der Waals surface area contributed by atoms with Crippen LogP contribution in [0.25, 0.3) is 0 Å². The lowest BCUT2D eigenvalue weighted by Crippen LogP contribution is -2.45. The van der Waals surface area contributed by atoms with Gasteiger partial charge in [0.05, 0.1) is 4.90 Å². The van der Waals surface area contributed by atoms with Crippen LogP contribution in [-0.2, 0) is 21.2 Å². The Hall–Kier alpha value is -1.19. The zero-order valence-electron chi connectivity index (χ0n) is 15.1. The molecule has 7 nitrogen and oxygen atoms in total. The Morgan fingerprint density at radius 3 is 2.62 bits per heavy atom. The second-order valence-electron chi connectivity index (χ2n) is 6.47. The molecule has 1 amide bonds. The summed E-state index contributed by atoms with van der Waals surface area (Å²) in [6, 6.07) is 6.94. The number of amides is 1. The Balaban J connectivity index is 0.00000338. The van der Waals surface area contributed by atoms with E-state index in [9.17, 15) is 13.2 Å². The second kappa shape index (κ2) is 10.8. The van der Waals surface area contributed by atoms with Gasteiger partial charge >= 0.3 is 0 Å². The van der Waals surface area contributed by atoms with Crippen molar-refractivity contribution in [1.29, 1.82) is 0 Å². The smallest absolute Gasteiger partial charge is 0.238 e. The molecule has 0 radical (unpaired) electrons. The number of hydrogen-bond acceptors (Lipinski definition) is 5. The Kier molecular flexibility index (Phi) is 9.52. The maximum absolute atomic E-state index is 12.0. The fourth-order valence-corrected chi connectivity index (χ4v) is 3.55. The van der Waals surface area contributed by atoms with E-state index in [1.807, 2.05) is 7.05 Å². The number of hydrogen-bond donors (Lipinski definition) is 3. The monoisotopic (exact) mass is 404 g/mol. The lowest BCUT2D eigenvalue weighted by atomic mass is 10.1. The lowest BCUT2D eigenvalue weighted by molar-refractivity contribution is -0.121. The maximum Gasteiger partial charge on any atom is 0.238 e. The van der Waals surface area contributed by atoms with Crippen molar-refractivity contribution in [3.05, 3.63) is 29.8 Å². The molecule has 26 heavy (non-hydrogen) atoms. The van der Waals surface area contributed by atoms with Gasteiger partial charge in [0.2, 0.25) is 15.9 Å². The largest absolute Gasteiger partial charge is 0.356 e. The summed E-state index contributed by atoms with van der Waals surface area (Å²) in [5.41, 5.74) is 0.959. The van der Waals surface area contributed by atoms with Crippen molar-refractivity contribution in [2.24, 2.45) is 5.14 Å². The van der Waals surface area contributed by atoms with Gasteiger partial charge in [-0.25, -0.2) is 13.6 Å². The number of nitrogens with zero attached hydrogens (tertiary/aromatic N) is 1. The molecule has 1 aliphatic heterocycles. The summed E-state index contributed by atoms with van der Waals surface area (Å²) in [5, 5.41) is 11.3. The standard InChI is InChI=1S/C17H28N4O3S.ClH/c1-19-15-3-2-11-21(13-15)12-9-17(22)20-10-8-14-4-6-16(7-5-14)25(18,23)24;/h4-7,15,19H,2-3,8-13H2,1H3,(H,20,22)(H2,18,23,24);1H. The number of primary sulfonamides is 1. The molecule has 1 unspecified atom stereocenters. The number of nitrogens with one attached hydrogen (secondary N) is 2. The van der Waals surface area contributed by atoms with Crippen LogP contribution < -0.4 is 15.8 Å². The number of carbonyl (C=O) groups is 1. The minimum Gasteiger partial charge on any atom is -0.356 e. The second-order valence-corrected chi connectivity index (χ2v) is 8.03. The Morgan fingerprint density at radius 2 is 2.00 bits per heavy atom. The van der Waals surface area contributed by atoms with Gasteiger partial charge in [-0.05, 0) is 50.6 Å². The molecule has 0 aromatic heterocycles. The van der Waals surface area contributed by atoms with Crippen LogP contribution in [-0.4, -0.2) is 58.5 Å². The summed E-state index contributed by atoms with van der Waals surface area (Å²) in [6.45, 7) is 3.38. The van der Waals surface area contributed by atoms with Crippen LogP contribution in [0.3, 0.4) is 0 Å². The van der Waals surface area contributed by atoms with Gasteiger partial charge in [0.15, 0.2) is 0 Å². The van der Waals surface area contributed by atoms with Crippen molar-refractivity contribution < 1.29 is 13.2 Å². The predicted octanol–water partition coefficient (Wildman–Crippen LogP) is 0.488. The Morgan fingerprint density at radius 1 is 1.31 bits per heavy atom. The summed E-state index contributed by atoms with van der Waals surface area (Å²) in [6.07, 6.45) is 3.52. The van der Waals surface area contributed by atoms with E-state index in [1.54, 1.807) is 12.1 Å². The van der Waals surface area contributed by atoms with Gasteiger partial charge in [-0.2, -0.15) is 0 Å². The average Bonchev–Trinajstić information content (AvgIpc) is 2.60. The highest BCUT2D eigenvalue weighted by molar-refractivity contribution is 7.89. The van der Waals surface area contributed by atoms with E-state index >= 15 is 0 Å². The highest BCUT2D eigenvalue weighted by Gasteiger charge is 2.18. The van der Waals surface area contributed by atoms with Gasteiger partial charge in [0.25, 0.3) is 0 Å². The van der Waals surface area contributed by atoms with Crippen LogP contribution in [0.15, 0.2) is 29.2 Å². The number of likely N-dealkylation sites (tertiary alicyclic amines) is 1. The number of benzene rings is 1. The van der Waals surface area contributed by atoms with E-state index in [4.69, 9.17) is 5.14 Å². The first kappa shape index (κ1) is 22.9. The van der Waals surface area contributed by atoms with Crippen molar-refractivity contribution >= 4 is 28.3 Å².